The minimum Gasteiger partial charge on any atom is -0.326 e. The van der Waals surface area contributed by atoms with E-state index in [-0.39, 0.29) is 5.91 Å². The number of rotatable bonds is 8. The number of amides is 1. The number of anilines is 1. The largest absolute Gasteiger partial charge is 0.326 e. The van der Waals surface area contributed by atoms with Gasteiger partial charge < -0.3 is 5.32 Å². The molecule has 0 atom stereocenters. The summed E-state index contributed by atoms with van der Waals surface area (Å²) in [6.07, 6.45) is 6.67. The van der Waals surface area contributed by atoms with E-state index >= 15 is 0 Å². The van der Waals surface area contributed by atoms with Crippen LogP contribution in [0.5, 0.6) is 0 Å². The molecule has 0 saturated heterocycles. The minimum absolute atomic E-state index is 0.0362. The van der Waals surface area contributed by atoms with Gasteiger partial charge in [0.2, 0.25) is 5.91 Å². The van der Waals surface area contributed by atoms with Crippen molar-refractivity contribution in [2.75, 3.05) is 5.32 Å². The number of benzene rings is 2. The molecule has 0 unspecified atom stereocenters. The molecule has 0 fully saturated rings. The first kappa shape index (κ1) is 19.4. The Morgan fingerprint density at radius 1 is 1.07 bits per heavy atom. The summed E-state index contributed by atoms with van der Waals surface area (Å²) in [6.45, 7) is 2.20. The molecule has 0 aliphatic rings. The Morgan fingerprint density at radius 2 is 1.86 bits per heavy atom. The number of hydrogen-bond donors (Lipinski definition) is 1. The number of fused-ring (bicyclic) bond motifs is 1. The molecule has 5 heteroatoms. The van der Waals surface area contributed by atoms with E-state index in [0.29, 0.717) is 12.8 Å². The smallest absolute Gasteiger partial charge is 0.224 e. The number of nitrogens with zero attached hydrogens (tertiary/aromatic N) is 2. The van der Waals surface area contributed by atoms with Crippen LogP contribution in [0.4, 0.5) is 5.69 Å². The van der Waals surface area contributed by atoms with Gasteiger partial charge in [-0.3, -0.25) is 9.20 Å². The van der Waals surface area contributed by atoms with Crippen LogP contribution in [0, 0.1) is 0 Å². The molecule has 29 heavy (non-hydrogen) atoms. The molecule has 4 aromatic rings. The first-order chi connectivity index (χ1) is 14.2. The first-order valence-electron chi connectivity index (χ1n) is 10.1. The van der Waals surface area contributed by atoms with Gasteiger partial charge in [-0.2, -0.15) is 0 Å². The van der Waals surface area contributed by atoms with Gasteiger partial charge in [-0.25, -0.2) is 4.98 Å². The van der Waals surface area contributed by atoms with Gasteiger partial charge in [0.25, 0.3) is 0 Å². The van der Waals surface area contributed by atoms with Crippen molar-refractivity contribution < 1.29 is 4.79 Å². The molecule has 2 aromatic carbocycles. The molecule has 0 aliphatic carbocycles. The molecule has 148 valence electrons. The molecule has 1 N–H and O–H groups in total. The Labute approximate surface area is 175 Å². The number of carbonyl (C=O) groups excluding carboxylic acids is 1. The standard InChI is InChI=1S/C24H25N3OS/c1-2-3-7-18-10-12-20(13-11-18)25-23(28)15-14-21-17-29-24-26-22(16-27(21)24)19-8-5-4-6-9-19/h4-6,8-13,16-17H,2-3,7,14-15H2,1H3,(H,25,28). The first-order valence-corrected chi connectivity index (χ1v) is 11.0. The van der Waals surface area contributed by atoms with Gasteiger partial charge in [0.1, 0.15) is 0 Å². The zero-order valence-electron chi connectivity index (χ0n) is 16.6. The molecular weight excluding hydrogens is 378 g/mol. The molecule has 4 rings (SSSR count). The van der Waals surface area contributed by atoms with E-state index in [2.05, 4.69) is 52.5 Å². The van der Waals surface area contributed by atoms with E-state index in [4.69, 9.17) is 4.98 Å². The summed E-state index contributed by atoms with van der Waals surface area (Å²) in [7, 11) is 0. The topological polar surface area (TPSA) is 46.4 Å². The van der Waals surface area contributed by atoms with Crippen molar-refractivity contribution >= 4 is 27.9 Å². The van der Waals surface area contributed by atoms with Crippen molar-refractivity contribution in [3.05, 3.63) is 77.4 Å². The third-order valence-electron chi connectivity index (χ3n) is 5.02. The summed E-state index contributed by atoms with van der Waals surface area (Å²) in [6, 6.07) is 18.4. The second-order valence-corrected chi connectivity index (χ2v) is 8.06. The predicted molar refractivity (Wildman–Crippen MR) is 121 cm³/mol. The summed E-state index contributed by atoms with van der Waals surface area (Å²) in [5, 5.41) is 5.10. The number of aromatic nitrogens is 2. The highest BCUT2D eigenvalue weighted by molar-refractivity contribution is 7.15. The summed E-state index contributed by atoms with van der Waals surface area (Å²) in [5.41, 5.74) is 5.37. The minimum atomic E-state index is 0.0362. The number of thiazole rings is 1. The Bertz CT molecular complexity index is 1080. The van der Waals surface area contributed by atoms with E-state index in [1.165, 1.54) is 18.4 Å². The van der Waals surface area contributed by atoms with Crippen molar-refractivity contribution in [3.8, 4) is 11.3 Å². The van der Waals surface area contributed by atoms with Crippen molar-refractivity contribution in [3.63, 3.8) is 0 Å². The Balaban J connectivity index is 1.36. The van der Waals surface area contributed by atoms with Crippen LogP contribution in [-0.2, 0) is 17.6 Å². The van der Waals surface area contributed by atoms with Crippen LogP contribution in [0.25, 0.3) is 16.2 Å². The maximum absolute atomic E-state index is 12.4. The third kappa shape index (κ3) is 4.74. The lowest BCUT2D eigenvalue weighted by molar-refractivity contribution is -0.116. The number of carbonyl (C=O) groups is 1. The van der Waals surface area contributed by atoms with Gasteiger partial charge in [0.15, 0.2) is 4.96 Å². The van der Waals surface area contributed by atoms with Crippen molar-refractivity contribution in [2.45, 2.75) is 39.0 Å². The number of hydrogen-bond acceptors (Lipinski definition) is 3. The number of unbranched alkanes of at least 4 members (excludes halogenated alkanes) is 1. The SMILES string of the molecule is CCCCc1ccc(NC(=O)CCc2csc3nc(-c4ccccc4)cn23)cc1. The summed E-state index contributed by atoms with van der Waals surface area (Å²) in [5.74, 6) is 0.0362. The van der Waals surface area contributed by atoms with Crippen molar-refractivity contribution in [1.82, 2.24) is 9.38 Å². The van der Waals surface area contributed by atoms with E-state index in [9.17, 15) is 4.79 Å². The lowest BCUT2D eigenvalue weighted by Crippen LogP contribution is -2.12. The number of nitrogens with one attached hydrogen (secondary N) is 1. The molecule has 2 heterocycles. The zero-order chi connectivity index (χ0) is 20.1. The molecule has 0 aliphatic heterocycles. The van der Waals surface area contributed by atoms with Crippen LogP contribution >= 0.6 is 11.3 Å². The molecule has 4 nitrogen and oxygen atoms in total. The normalized spacial score (nSPS) is 11.1. The van der Waals surface area contributed by atoms with Crippen LogP contribution in [0.2, 0.25) is 0 Å². The quantitative estimate of drug-likeness (QED) is 0.393. The fraction of sp³-hybridized carbons (Fsp3) is 0.250. The van der Waals surface area contributed by atoms with Gasteiger partial charge in [-0.05, 0) is 37.0 Å². The lowest BCUT2D eigenvalue weighted by atomic mass is 10.1. The summed E-state index contributed by atoms with van der Waals surface area (Å²) >= 11 is 1.61. The number of imidazole rings is 1. The molecule has 0 spiro atoms. The molecule has 2 aromatic heterocycles. The van der Waals surface area contributed by atoms with E-state index in [0.717, 1.165) is 34.0 Å². The monoisotopic (exact) mass is 403 g/mol. The number of aryl methyl sites for hydroxylation is 2. The van der Waals surface area contributed by atoms with Gasteiger partial charge in [0, 0.05) is 34.9 Å². The van der Waals surface area contributed by atoms with E-state index in [1.807, 2.05) is 30.3 Å². The van der Waals surface area contributed by atoms with Crippen molar-refractivity contribution in [1.29, 1.82) is 0 Å². The van der Waals surface area contributed by atoms with Gasteiger partial charge in [-0.1, -0.05) is 55.8 Å². The van der Waals surface area contributed by atoms with E-state index < -0.39 is 0 Å². The summed E-state index contributed by atoms with van der Waals surface area (Å²) in [4.78, 5) is 18.1. The fourth-order valence-corrected chi connectivity index (χ4v) is 4.27. The molecule has 1 amide bonds. The van der Waals surface area contributed by atoms with Gasteiger partial charge in [0.05, 0.1) is 5.69 Å². The van der Waals surface area contributed by atoms with Crippen LogP contribution in [0.15, 0.2) is 66.2 Å². The average Bonchev–Trinajstić information content (AvgIpc) is 3.34. The molecule has 0 saturated carbocycles. The molecule has 0 radical (unpaired) electrons. The third-order valence-corrected chi connectivity index (χ3v) is 5.91. The van der Waals surface area contributed by atoms with Crippen LogP contribution in [0.3, 0.4) is 0 Å². The van der Waals surface area contributed by atoms with Gasteiger partial charge in [-0.15, -0.1) is 11.3 Å². The Morgan fingerprint density at radius 3 is 2.62 bits per heavy atom. The fourth-order valence-electron chi connectivity index (χ4n) is 3.36. The van der Waals surface area contributed by atoms with Gasteiger partial charge >= 0.3 is 0 Å². The predicted octanol–water partition coefficient (Wildman–Crippen LogP) is 5.98. The average molecular weight is 404 g/mol. The second kappa shape index (κ2) is 9.05. The maximum atomic E-state index is 12.4. The zero-order valence-corrected chi connectivity index (χ0v) is 17.4. The van der Waals surface area contributed by atoms with E-state index in [1.54, 1.807) is 11.3 Å². The van der Waals surface area contributed by atoms with Crippen LogP contribution in [0.1, 0.15) is 37.4 Å². The molecule has 0 bridgehead atoms. The maximum Gasteiger partial charge on any atom is 0.224 e. The lowest BCUT2D eigenvalue weighted by Gasteiger charge is -2.06. The summed E-state index contributed by atoms with van der Waals surface area (Å²) < 4.78 is 2.10. The molecular formula is C24H25N3OS. The van der Waals surface area contributed by atoms with Crippen LogP contribution in [-0.4, -0.2) is 15.3 Å². The van der Waals surface area contributed by atoms with Crippen LogP contribution < -0.4 is 5.32 Å². The highest BCUT2D eigenvalue weighted by atomic mass is 32.1. The highest BCUT2D eigenvalue weighted by Gasteiger charge is 2.11. The van der Waals surface area contributed by atoms with Crippen molar-refractivity contribution in [2.24, 2.45) is 0 Å². The highest BCUT2D eigenvalue weighted by Crippen LogP contribution is 2.24. The Kier molecular flexibility index (Phi) is 6.06. The Hall–Kier alpha value is -2.92. The second-order valence-electron chi connectivity index (χ2n) is 7.22.